The van der Waals surface area contributed by atoms with Gasteiger partial charge in [0.2, 0.25) is 0 Å². The van der Waals surface area contributed by atoms with Gasteiger partial charge in [0.15, 0.2) is 0 Å². The molecule has 1 aromatic rings. The second kappa shape index (κ2) is 6.08. The molecule has 1 aliphatic heterocycles. The molecular formula is C17H26Cl2N2. The van der Waals surface area contributed by atoms with E-state index in [1.165, 1.54) is 0 Å². The largest absolute Gasteiger partial charge is 0.310 e. The highest BCUT2D eigenvalue weighted by Crippen LogP contribution is 2.32. The molecule has 2 rings (SSSR count). The van der Waals surface area contributed by atoms with E-state index in [4.69, 9.17) is 23.2 Å². The monoisotopic (exact) mass is 328 g/mol. The van der Waals surface area contributed by atoms with Gasteiger partial charge >= 0.3 is 0 Å². The van der Waals surface area contributed by atoms with Gasteiger partial charge in [-0.05, 0) is 31.4 Å². The summed E-state index contributed by atoms with van der Waals surface area (Å²) in [7, 11) is 0. The van der Waals surface area contributed by atoms with Crippen LogP contribution < -0.4 is 5.32 Å². The van der Waals surface area contributed by atoms with E-state index in [2.05, 4.69) is 44.8 Å². The zero-order valence-electron chi connectivity index (χ0n) is 13.6. The average Bonchev–Trinajstić information content (AvgIpc) is 2.34. The number of nitrogens with one attached hydrogen (secondary N) is 1. The van der Waals surface area contributed by atoms with Crippen LogP contribution in [0.3, 0.4) is 0 Å². The first-order valence-electron chi connectivity index (χ1n) is 7.52. The van der Waals surface area contributed by atoms with E-state index in [0.717, 1.165) is 35.2 Å². The zero-order chi connectivity index (χ0) is 15.8. The summed E-state index contributed by atoms with van der Waals surface area (Å²) in [6.45, 7) is 14.1. The third kappa shape index (κ3) is 3.92. The number of halogens is 2. The van der Waals surface area contributed by atoms with Crippen LogP contribution in [0.1, 0.15) is 40.2 Å². The van der Waals surface area contributed by atoms with Gasteiger partial charge in [-0.3, -0.25) is 4.90 Å². The minimum absolute atomic E-state index is 0.0875. The first-order chi connectivity index (χ1) is 9.61. The van der Waals surface area contributed by atoms with E-state index in [0.29, 0.717) is 6.04 Å². The van der Waals surface area contributed by atoms with E-state index >= 15 is 0 Å². The van der Waals surface area contributed by atoms with Crippen molar-refractivity contribution in [2.45, 2.75) is 52.7 Å². The molecule has 118 valence electrons. The Bertz CT molecular complexity index is 486. The summed E-state index contributed by atoms with van der Waals surface area (Å²) in [6, 6.07) is 6.19. The van der Waals surface area contributed by atoms with Gasteiger partial charge in [-0.2, -0.15) is 0 Å². The molecule has 21 heavy (non-hydrogen) atoms. The maximum absolute atomic E-state index is 6.34. The Morgan fingerprint density at radius 1 is 1.24 bits per heavy atom. The average molecular weight is 329 g/mol. The second-order valence-corrected chi connectivity index (χ2v) is 8.51. The van der Waals surface area contributed by atoms with E-state index in [1.807, 2.05) is 18.2 Å². The molecule has 0 radical (unpaired) electrons. The Balaban J connectivity index is 2.23. The second-order valence-electron chi connectivity index (χ2n) is 7.69. The molecule has 4 heteroatoms. The standard InChI is InChI=1S/C17H26Cl2N2/c1-16(2,3)15-10-21(17(4,5)11-20-15)9-12-13(18)7-6-8-14(12)19/h6-8,15,20H,9-11H2,1-5H3. The fourth-order valence-corrected chi connectivity index (χ4v) is 3.27. The Labute approximate surface area is 138 Å². The van der Waals surface area contributed by atoms with E-state index < -0.39 is 0 Å². The molecule has 1 unspecified atom stereocenters. The van der Waals surface area contributed by atoms with Crippen molar-refractivity contribution in [3.8, 4) is 0 Å². The fourth-order valence-electron chi connectivity index (χ4n) is 2.75. The first kappa shape index (κ1) is 17.1. The van der Waals surface area contributed by atoms with Crippen molar-refractivity contribution in [1.82, 2.24) is 10.2 Å². The van der Waals surface area contributed by atoms with E-state index in [-0.39, 0.29) is 11.0 Å². The minimum Gasteiger partial charge on any atom is -0.310 e. The third-order valence-electron chi connectivity index (χ3n) is 4.50. The molecule has 1 saturated heterocycles. The van der Waals surface area contributed by atoms with Gasteiger partial charge in [-0.15, -0.1) is 0 Å². The summed E-state index contributed by atoms with van der Waals surface area (Å²) in [6.07, 6.45) is 0. The number of nitrogens with zero attached hydrogens (tertiary/aromatic N) is 1. The van der Waals surface area contributed by atoms with Crippen molar-refractivity contribution < 1.29 is 0 Å². The minimum atomic E-state index is 0.0875. The number of hydrogen-bond donors (Lipinski definition) is 1. The van der Waals surface area contributed by atoms with Gasteiger partial charge in [0, 0.05) is 46.8 Å². The molecular weight excluding hydrogens is 303 g/mol. The zero-order valence-corrected chi connectivity index (χ0v) is 15.1. The highest BCUT2D eigenvalue weighted by molar-refractivity contribution is 6.35. The van der Waals surface area contributed by atoms with Gasteiger partial charge in [0.25, 0.3) is 0 Å². The van der Waals surface area contributed by atoms with Gasteiger partial charge in [0.05, 0.1) is 0 Å². The highest BCUT2D eigenvalue weighted by atomic mass is 35.5. The smallest absolute Gasteiger partial charge is 0.0465 e. The number of benzene rings is 1. The lowest BCUT2D eigenvalue weighted by atomic mass is 9.82. The maximum Gasteiger partial charge on any atom is 0.0465 e. The molecule has 1 fully saturated rings. The third-order valence-corrected chi connectivity index (χ3v) is 5.20. The Morgan fingerprint density at radius 3 is 2.33 bits per heavy atom. The lowest BCUT2D eigenvalue weighted by molar-refractivity contribution is 0.0296. The number of rotatable bonds is 2. The molecule has 1 heterocycles. The molecule has 0 aromatic heterocycles. The van der Waals surface area contributed by atoms with Crippen molar-refractivity contribution in [3.63, 3.8) is 0 Å². The topological polar surface area (TPSA) is 15.3 Å². The maximum atomic E-state index is 6.34. The van der Waals surface area contributed by atoms with Crippen LogP contribution >= 0.6 is 23.2 Å². The highest BCUT2D eigenvalue weighted by Gasteiger charge is 2.38. The van der Waals surface area contributed by atoms with Crippen LogP contribution in [-0.4, -0.2) is 29.6 Å². The van der Waals surface area contributed by atoms with Crippen molar-refractivity contribution in [3.05, 3.63) is 33.8 Å². The summed E-state index contributed by atoms with van der Waals surface area (Å²) in [5.41, 5.74) is 1.35. The first-order valence-corrected chi connectivity index (χ1v) is 8.28. The van der Waals surface area contributed by atoms with Gasteiger partial charge in [-0.25, -0.2) is 0 Å². The van der Waals surface area contributed by atoms with Crippen molar-refractivity contribution >= 4 is 23.2 Å². The predicted molar refractivity (Wildman–Crippen MR) is 92.2 cm³/mol. The van der Waals surface area contributed by atoms with E-state index in [1.54, 1.807) is 0 Å². The summed E-state index contributed by atoms with van der Waals surface area (Å²) in [5.74, 6) is 0. The Hall–Kier alpha value is -0.280. The van der Waals surface area contributed by atoms with Crippen LogP contribution in [0.2, 0.25) is 10.0 Å². The Kier molecular flexibility index (Phi) is 4.94. The van der Waals surface area contributed by atoms with Crippen LogP contribution in [0.5, 0.6) is 0 Å². The molecule has 1 aromatic carbocycles. The molecule has 1 N–H and O–H groups in total. The summed E-state index contributed by atoms with van der Waals surface area (Å²) < 4.78 is 0. The van der Waals surface area contributed by atoms with Gasteiger partial charge in [0.1, 0.15) is 0 Å². The van der Waals surface area contributed by atoms with Crippen LogP contribution in [0.25, 0.3) is 0 Å². The quantitative estimate of drug-likeness (QED) is 0.853. The molecule has 0 spiro atoms. The van der Waals surface area contributed by atoms with Crippen LogP contribution in [0, 0.1) is 5.41 Å². The summed E-state index contributed by atoms with van der Waals surface area (Å²) >= 11 is 12.7. The van der Waals surface area contributed by atoms with Gasteiger partial charge in [-0.1, -0.05) is 50.0 Å². The number of hydrogen-bond acceptors (Lipinski definition) is 2. The molecule has 0 aliphatic carbocycles. The molecule has 0 amide bonds. The molecule has 1 aliphatic rings. The fraction of sp³-hybridized carbons (Fsp3) is 0.647. The molecule has 0 saturated carbocycles. The van der Waals surface area contributed by atoms with Crippen molar-refractivity contribution in [1.29, 1.82) is 0 Å². The lowest BCUT2D eigenvalue weighted by Crippen LogP contribution is -2.64. The van der Waals surface area contributed by atoms with Crippen molar-refractivity contribution in [2.24, 2.45) is 5.41 Å². The summed E-state index contributed by atoms with van der Waals surface area (Å²) in [4.78, 5) is 2.49. The number of piperazine rings is 1. The molecule has 2 nitrogen and oxygen atoms in total. The Morgan fingerprint density at radius 2 is 1.81 bits per heavy atom. The normalized spacial score (nSPS) is 23.3. The SMILES string of the molecule is CC(C)(C)C1CN(Cc2c(Cl)cccc2Cl)C(C)(C)CN1. The van der Waals surface area contributed by atoms with Crippen molar-refractivity contribution in [2.75, 3.05) is 13.1 Å². The van der Waals surface area contributed by atoms with Crippen LogP contribution in [0.4, 0.5) is 0 Å². The molecule has 0 bridgehead atoms. The lowest BCUT2D eigenvalue weighted by Gasteiger charge is -2.49. The van der Waals surface area contributed by atoms with E-state index in [9.17, 15) is 0 Å². The predicted octanol–water partition coefficient (Wildman–Crippen LogP) is 4.59. The van der Waals surface area contributed by atoms with Gasteiger partial charge < -0.3 is 5.32 Å². The molecule has 1 atom stereocenters. The summed E-state index contributed by atoms with van der Waals surface area (Å²) in [5, 5.41) is 5.19. The van der Waals surface area contributed by atoms with Crippen LogP contribution in [-0.2, 0) is 6.54 Å². The van der Waals surface area contributed by atoms with Crippen LogP contribution in [0.15, 0.2) is 18.2 Å².